The minimum absolute atomic E-state index is 0.0642. The van der Waals surface area contributed by atoms with Crippen molar-refractivity contribution in [3.05, 3.63) is 65.7 Å². The van der Waals surface area contributed by atoms with Gasteiger partial charge >= 0.3 is 0 Å². The number of benzene rings is 2. The molecule has 1 saturated heterocycles. The number of hydrogen-bond acceptors (Lipinski definition) is 4. The average molecular weight is 395 g/mol. The number of piperazine rings is 1. The van der Waals surface area contributed by atoms with E-state index in [-0.39, 0.29) is 11.8 Å². The van der Waals surface area contributed by atoms with Crippen molar-refractivity contribution in [3.8, 4) is 0 Å². The number of nitrogens with zero attached hydrogens (tertiary/aromatic N) is 2. The maximum Gasteiger partial charge on any atom is 0.237 e. The van der Waals surface area contributed by atoms with Gasteiger partial charge in [-0.05, 0) is 29.2 Å². The summed E-state index contributed by atoms with van der Waals surface area (Å²) in [7, 11) is 0. The Bertz CT molecular complexity index is 771. The molecular weight excluding hydrogens is 360 g/mol. The fraction of sp³-hybridized carbons (Fsp3) is 0.458. The van der Waals surface area contributed by atoms with Gasteiger partial charge in [0, 0.05) is 45.0 Å². The van der Waals surface area contributed by atoms with Crippen molar-refractivity contribution in [2.45, 2.75) is 39.4 Å². The predicted octanol–water partition coefficient (Wildman–Crippen LogP) is 3.00. The molecule has 5 nitrogen and oxygen atoms in total. The molecule has 0 radical (unpaired) electrons. The molecule has 1 aliphatic rings. The molecule has 0 spiro atoms. The van der Waals surface area contributed by atoms with Gasteiger partial charge < -0.3 is 16.0 Å². The first-order chi connectivity index (χ1) is 14.1. The number of carbonyl (C=O) groups excluding carboxylic acids is 1. The van der Waals surface area contributed by atoms with E-state index in [2.05, 4.69) is 70.6 Å². The molecule has 2 atom stereocenters. The lowest BCUT2D eigenvalue weighted by Gasteiger charge is -2.36. The highest BCUT2D eigenvalue weighted by molar-refractivity contribution is 5.81. The van der Waals surface area contributed by atoms with Gasteiger partial charge in [0.15, 0.2) is 0 Å². The molecule has 1 amide bonds. The Morgan fingerprint density at radius 2 is 1.62 bits per heavy atom. The van der Waals surface area contributed by atoms with Crippen LogP contribution < -0.4 is 16.0 Å². The van der Waals surface area contributed by atoms with Crippen LogP contribution in [0.2, 0.25) is 0 Å². The first-order valence-corrected chi connectivity index (χ1v) is 10.7. The van der Waals surface area contributed by atoms with Crippen molar-refractivity contribution < 1.29 is 4.79 Å². The maximum absolute atomic E-state index is 12.3. The van der Waals surface area contributed by atoms with Crippen LogP contribution in [0.25, 0.3) is 0 Å². The van der Waals surface area contributed by atoms with Crippen molar-refractivity contribution >= 4 is 11.6 Å². The normalized spacial score (nSPS) is 17.0. The lowest BCUT2D eigenvalue weighted by Crippen LogP contribution is -2.46. The second-order valence-electron chi connectivity index (χ2n) is 8.00. The first-order valence-electron chi connectivity index (χ1n) is 10.7. The van der Waals surface area contributed by atoms with Crippen LogP contribution in [0.3, 0.4) is 0 Å². The molecule has 0 bridgehead atoms. The third kappa shape index (κ3) is 5.81. The summed E-state index contributed by atoms with van der Waals surface area (Å²) < 4.78 is 0. The number of anilines is 1. The zero-order valence-corrected chi connectivity index (χ0v) is 17.7. The molecule has 1 heterocycles. The van der Waals surface area contributed by atoms with Gasteiger partial charge in [-0.3, -0.25) is 9.69 Å². The molecule has 1 aliphatic heterocycles. The number of rotatable bonds is 8. The zero-order chi connectivity index (χ0) is 20.6. The first kappa shape index (κ1) is 21.3. The fourth-order valence-corrected chi connectivity index (χ4v) is 3.74. The van der Waals surface area contributed by atoms with Gasteiger partial charge in [0.2, 0.25) is 5.91 Å². The molecule has 2 unspecified atom stereocenters. The van der Waals surface area contributed by atoms with Crippen LogP contribution in [0.5, 0.6) is 0 Å². The number of para-hydroxylation sites is 1. The third-order valence-corrected chi connectivity index (χ3v) is 6.02. The van der Waals surface area contributed by atoms with Crippen LogP contribution in [0.15, 0.2) is 54.6 Å². The zero-order valence-electron chi connectivity index (χ0n) is 17.7. The lowest BCUT2D eigenvalue weighted by atomic mass is 9.99. The highest BCUT2D eigenvalue weighted by atomic mass is 16.2. The topological polar surface area (TPSA) is 61.6 Å². The van der Waals surface area contributed by atoms with Crippen molar-refractivity contribution in [1.29, 1.82) is 0 Å². The molecule has 5 heteroatoms. The number of hydrogen-bond donors (Lipinski definition) is 2. The van der Waals surface area contributed by atoms with Crippen molar-refractivity contribution in [3.63, 3.8) is 0 Å². The van der Waals surface area contributed by atoms with Gasteiger partial charge in [0.1, 0.15) is 0 Å². The van der Waals surface area contributed by atoms with Crippen LogP contribution in [-0.4, -0.2) is 43.0 Å². The standard InChI is InChI=1S/C24H34N4O/c1-3-19(2)23(25)24(29)26-17-20-9-7-8-10-21(20)18-27-13-15-28(16-14-27)22-11-5-4-6-12-22/h4-12,19,23H,3,13-18,25H2,1-2H3,(H,26,29). The summed E-state index contributed by atoms with van der Waals surface area (Å²) in [5, 5.41) is 3.03. The van der Waals surface area contributed by atoms with E-state index in [1.54, 1.807) is 0 Å². The summed E-state index contributed by atoms with van der Waals surface area (Å²) in [6, 6.07) is 18.5. The quantitative estimate of drug-likeness (QED) is 0.723. The lowest BCUT2D eigenvalue weighted by molar-refractivity contribution is -0.123. The van der Waals surface area contributed by atoms with E-state index < -0.39 is 6.04 Å². The number of nitrogens with two attached hydrogens (primary N) is 1. The second kappa shape index (κ2) is 10.4. The van der Waals surface area contributed by atoms with Gasteiger partial charge in [-0.2, -0.15) is 0 Å². The second-order valence-corrected chi connectivity index (χ2v) is 8.00. The number of carbonyl (C=O) groups is 1. The summed E-state index contributed by atoms with van der Waals surface area (Å²) in [6.07, 6.45) is 0.903. The van der Waals surface area contributed by atoms with E-state index in [0.717, 1.165) is 39.1 Å². The summed E-state index contributed by atoms with van der Waals surface area (Å²) in [5.74, 6) is 0.122. The molecular formula is C24H34N4O. The van der Waals surface area contributed by atoms with E-state index in [4.69, 9.17) is 5.73 Å². The predicted molar refractivity (Wildman–Crippen MR) is 120 cm³/mol. The largest absolute Gasteiger partial charge is 0.369 e. The molecule has 29 heavy (non-hydrogen) atoms. The summed E-state index contributed by atoms with van der Waals surface area (Å²) in [5.41, 5.74) is 9.80. The minimum atomic E-state index is -0.446. The summed E-state index contributed by atoms with van der Waals surface area (Å²) in [4.78, 5) is 17.3. The maximum atomic E-state index is 12.3. The Hall–Kier alpha value is -2.37. The molecule has 156 valence electrons. The molecule has 2 aromatic carbocycles. The molecule has 3 N–H and O–H groups in total. The van der Waals surface area contributed by atoms with E-state index >= 15 is 0 Å². The van der Waals surface area contributed by atoms with Crippen LogP contribution >= 0.6 is 0 Å². The monoisotopic (exact) mass is 394 g/mol. The van der Waals surface area contributed by atoms with E-state index in [1.165, 1.54) is 16.8 Å². The van der Waals surface area contributed by atoms with Gasteiger partial charge in [-0.25, -0.2) is 0 Å². The summed E-state index contributed by atoms with van der Waals surface area (Å²) in [6.45, 7) is 9.66. The molecule has 0 aliphatic carbocycles. The highest BCUT2D eigenvalue weighted by Crippen LogP contribution is 2.18. The van der Waals surface area contributed by atoms with Crippen LogP contribution in [0.4, 0.5) is 5.69 Å². The van der Waals surface area contributed by atoms with Crippen molar-refractivity contribution in [2.75, 3.05) is 31.1 Å². The molecule has 2 aromatic rings. The molecule has 0 aromatic heterocycles. The third-order valence-electron chi connectivity index (χ3n) is 6.02. The van der Waals surface area contributed by atoms with Crippen molar-refractivity contribution in [2.24, 2.45) is 11.7 Å². The SMILES string of the molecule is CCC(C)C(N)C(=O)NCc1ccccc1CN1CCN(c2ccccc2)CC1. The Balaban J connectivity index is 1.54. The minimum Gasteiger partial charge on any atom is -0.369 e. The van der Waals surface area contributed by atoms with Gasteiger partial charge in [-0.15, -0.1) is 0 Å². The smallest absolute Gasteiger partial charge is 0.237 e. The molecule has 0 saturated carbocycles. The van der Waals surface area contributed by atoms with Crippen molar-refractivity contribution in [1.82, 2.24) is 10.2 Å². The van der Waals surface area contributed by atoms with Gasteiger partial charge in [0.25, 0.3) is 0 Å². The Morgan fingerprint density at radius 1 is 1.00 bits per heavy atom. The number of amides is 1. The molecule has 1 fully saturated rings. The Morgan fingerprint density at radius 3 is 2.28 bits per heavy atom. The molecule has 3 rings (SSSR count). The van der Waals surface area contributed by atoms with E-state index in [1.807, 2.05) is 13.0 Å². The van der Waals surface area contributed by atoms with Crippen LogP contribution in [0.1, 0.15) is 31.4 Å². The van der Waals surface area contributed by atoms with Crippen LogP contribution in [0, 0.1) is 5.92 Å². The van der Waals surface area contributed by atoms with E-state index in [9.17, 15) is 4.79 Å². The van der Waals surface area contributed by atoms with Gasteiger partial charge in [-0.1, -0.05) is 62.7 Å². The Labute approximate surface area is 174 Å². The fourth-order valence-electron chi connectivity index (χ4n) is 3.74. The van der Waals surface area contributed by atoms with Crippen LogP contribution in [-0.2, 0) is 17.9 Å². The Kier molecular flexibility index (Phi) is 7.67. The van der Waals surface area contributed by atoms with E-state index in [0.29, 0.717) is 6.54 Å². The van der Waals surface area contributed by atoms with Gasteiger partial charge in [0.05, 0.1) is 6.04 Å². The highest BCUT2D eigenvalue weighted by Gasteiger charge is 2.20. The number of nitrogens with one attached hydrogen (secondary N) is 1. The summed E-state index contributed by atoms with van der Waals surface area (Å²) >= 11 is 0. The average Bonchev–Trinajstić information content (AvgIpc) is 2.78.